The van der Waals surface area contributed by atoms with E-state index in [9.17, 15) is 9.59 Å². The van der Waals surface area contributed by atoms with Gasteiger partial charge in [-0.1, -0.05) is 30.1 Å². The molecule has 0 radical (unpaired) electrons. The van der Waals surface area contributed by atoms with Crippen LogP contribution in [0.2, 0.25) is 0 Å². The number of amides is 2. The zero-order valence-electron chi connectivity index (χ0n) is 19.4. The highest BCUT2D eigenvalue weighted by Gasteiger charge is 2.45. The van der Waals surface area contributed by atoms with Crippen LogP contribution in [0.4, 0.5) is 5.82 Å². The normalized spacial score (nSPS) is 28.1. The fraction of sp³-hybridized carbons (Fsp3) is 0.654. The van der Waals surface area contributed by atoms with Crippen molar-refractivity contribution in [3.8, 4) is 0 Å². The van der Waals surface area contributed by atoms with Crippen molar-refractivity contribution in [3.63, 3.8) is 0 Å². The van der Waals surface area contributed by atoms with E-state index in [0.29, 0.717) is 31.3 Å². The zero-order valence-corrected chi connectivity index (χ0v) is 19.4. The molecule has 0 N–H and O–H groups in total. The summed E-state index contributed by atoms with van der Waals surface area (Å²) < 4.78 is 5.53. The van der Waals surface area contributed by atoms with Crippen molar-refractivity contribution in [2.24, 2.45) is 11.3 Å². The number of piperidine rings is 2. The largest absolute Gasteiger partial charge is 0.354 e. The lowest BCUT2D eigenvalue weighted by atomic mass is 9.76. The lowest BCUT2D eigenvalue weighted by molar-refractivity contribution is -0.153. The SMILES string of the molecule is O=C1CC2(CCCC2)CC(=O)N1CC[C@H]1CC[C@@H]2CN(c3noc4ccccc34)CCN2C1. The third-order valence-corrected chi connectivity index (χ3v) is 8.74. The van der Waals surface area contributed by atoms with Gasteiger partial charge in [0.2, 0.25) is 11.8 Å². The van der Waals surface area contributed by atoms with Gasteiger partial charge in [-0.25, -0.2) is 0 Å². The average Bonchev–Trinajstić information content (AvgIpc) is 3.45. The lowest BCUT2D eigenvalue weighted by Gasteiger charge is -2.46. The molecule has 33 heavy (non-hydrogen) atoms. The minimum absolute atomic E-state index is 0.00241. The van der Waals surface area contributed by atoms with E-state index in [4.69, 9.17) is 4.52 Å². The van der Waals surface area contributed by atoms with E-state index >= 15 is 0 Å². The molecule has 0 bridgehead atoms. The molecule has 4 fully saturated rings. The van der Waals surface area contributed by atoms with Crippen LogP contribution in [-0.2, 0) is 9.59 Å². The second-order valence-corrected chi connectivity index (χ2v) is 10.8. The number of aromatic nitrogens is 1. The van der Waals surface area contributed by atoms with Crippen LogP contribution < -0.4 is 4.90 Å². The summed E-state index contributed by atoms with van der Waals surface area (Å²) in [7, 11) is 0. The molecular weight excluding hydrogens is 416 g/mol. The number of likely N-dealkylation sites (tertiary alicyclic amines) is 1. The van der Waals surface area contributed by atoms with Crippen LogP contribution in [0, 0.1) is 11.3 Å². The highest BCUT2D eigenvalue weighted by molar-refractivity contribution is 5.98. The van der Waals surface area contributed by atoms with Crippen molar-refractivity contribution >= 4 is 28.6 Å². The summed E-state index contributed by atoms with van der Waals surface area (Å²) in [5, 5.41) is 5.45. The molecule has 176 valence electrons. The number of fused-ring (bicyclic) bond motifs is 2. The van der Waals surface area contributed by atoms with Gasteiger partial charge in [-0.2, -0.15) is 0 Å². The van der Waals surface area contributed by atoms with Gasteiger partial charge in [0.15, 0.2) is 11.4 Å². The Morgan fingerprint density at radius 2 is 1.79 bits per heavy atom. The minimum atomic E-state index is -0.00241. The van der Waals surface area contributed by atoms with Crippen molar-refractivity contribution in [3.05, 3.63) is 24.3 Å². The number of rotatable bonds is 4. The fourth-order valence-corrected chi connectivity index (χ4v) is 6.86. The Morgan fingerprint density at radius 1 is 1.00 bits per heavy atom. The molecule has 3 saturated heterocycles. The van der Waals surface area contributed by atoms with Gasteiger partial charge in [0.1, 0.15) is 0 Å². The molecule has 2 atom stereocenters. The van der Waals surface area contributed by atoms with Crippen LogP contribution in [0.3, 0.4) is 0 Å². The molecular formula is C26H34N4O3. The molecule has 6 rings (SSSR count). The van der Waals surface area contributed by atoms with Crippen molar-refractivity contribution in [2.45, 2.75) is 63.8 Å². The van der Waals surface area contributed by atoms with Gasteiger partial charge in [-0.05, 0) is 55.6 Å². The molecule has 1 saturated carbocycles. The standard InChI is InChI=1S/C26H34N4O3/c31-23-15-26(10-3-4-11-26)16-24(32)30(23)12-9-19-7-8-20-18-29(14-13-28(20)17-19)25-21-5-1-2-6-22(21)33-27-25/h1-2,5-6,19-20H,3-4,7-18H2/t19-,20-/m1/s1. The van der Waals surface area contributed by atoms with Crippen LogP contribution in [0.25, 0.3) is 11.0 Å². The predicted molar refractivity (Wildman–Crippen MR) is 126 cm³/mol. The molecule has 2 aromatic rings. The second kappa shape index (κ2) is 8.42. The smallest absolute Gasteiger partial charge is 0.229 e. The van der Waals surface area contributed by atoms with Crippen LogP contribution in [-0.4, -0.2) is 65.5 Å². The molecule has 2 amide bonds. The van der Waals surface area contributed by atoms with Gasteiger partial charge in [0.25, 0.3) is 0 Å². The van der Waals surface area contributed by atoms with Gasteiger partial charge < -0.3 is 9.42 Å². The second-order valence-electron chi connectivity index (χ2n) is 10.8. The summed E-state index contributed by atoms with van der Waals surface area (Å²) >= 11 is 0. The first-order chi connectivity index (χ1) is 16.1. The minimum Gasteiger partial charge on any atom is -0.354 e. The number of hydrogen-bond donors (Lipinski definition) is 0. The monoisotopic (exact) mass is 450 g/mol. The third kappa shape index (κ3) is 3.94. The highest BCUT2D eigenvalue weighted by Crippen LogP contribution is 2.47. The number of piperazine rings is 1. The molecule has 1 spiro atoms. The Labute approximate surface area is 195 Å². The van der Waals surface area contributed by atoms with Crippen molar-refractivity contribution < 1.29 is 14.1 Å². The summed E-state index contributed by atoms with van der Waals surface area (Å²) in [5.41, 5.74) is 0.844. The summed E-state index contributed by atoms with van der Waals surface area (Å²) in [6.45, 7) is 4.62. The van der Waals surface area contributed by atoms with Crippen LogP contribution in [0.1, 0.15) is 57.8 Å². The van der Waals surface area contributed by atoms with E-state index in [1.807, 2.05) is 18.2 Å². The van der Waals surface area contributed by atoms with E-state index in [2.05, 4.69) is 21.0 Å². The van der Waals surface area contributed by atoms with Gasteiger partial charge in [-0.15, -0.1) is 0 Å². The first-order valence-corrected chi connectivity index (χ1v) is 12.8. The molecule has 1 aromatic carbocycles. The quantitative estimate of drug-likeness (QED) is 0.660. The zero-order chi connectivity index (χ0) is 22.4. The first kappa shape index (κ1) is 21.1. The molecule has 7 heteroatoms. The number of nitrogens with zero attached hydrogens (tertiary/aromatic N) is 4. The molecule has 4 aliphatic rings. The van der Waals surface area contributed by atoms with Crippen molar-refractivity contribution in [1.82, 2.24) is 15.0 Å². The van der Waals surface area contributed by atoms with Gasteiger partial charge in [0, 0.05) is 51.6 Å². The Balaban J connectivity index is 1.03. The number of benzene rings is 1. The van der Waals surface area contributed by atoms with Gasteiger partial charge in [0.05, 0.1) is 5.39 Å². The first-order valence-electron chi connectivity index (χ1n) is 12.8. The molecule has 4 heterocycles. The number of anilines is 1. The number of para-hydroxylation sites is 1. The summed E-state index contributed by atoms with van der Waals surface area (Å²) in [5.74, 6) is 1.68. The van der Waals surface area contributed by atoms with E-state index in [1.165, 1.54) is 12.8 Å². The Kier molecular flexibility index (Phi) is 5.40. The highest BCUT2D eigenvalue weighted by atomic mass is 16.5. The summed E-state index contributed by atoms with van der Waals surface area (Å²) in [4.78, 5) is 32.1. The van der Waals surface area contributed by atoms with E-state index < -0.39 is 0 Å². The van der Waals surface area contributed by atoms with Crippen LogP contribution in [0.15, 0.2) is 28.8 Å². The number of imide groups is 1. The van der Waals surface area contributed by atoms with Crippen LogP contribution >= 0.6 is 0 Å². The van der Waals surface area contributed by atoms with Crippen molar-refractivity contribution in [2.75, 3.05) is 37.6 Å². The Morgan fingerprint density at radius 3 is 2.61 bits per heavy atom. The maximum absolute atomic E-state index is 12.8. The van der Waals surface area contributed by atoms with Crippen LogP contribution in [0.5, 0.6) is 0 Å². The lowest BCUT2D eigenvalue weighted by Crippen LogP contribution is -2.57. The van der Waals surface area contributed by atoms with E-state index in [0.717, 1.165) is 75.1 Å². The van der Waals surface area contributed by atoms with Crippen molar-refractivity contribution in [1.29, 1.82) is 0 Å². The Bertz CT molecular complexity index is 1020. The van der Waals surface area contributed by atoms with E-state index in [-0.39, 0.29) is 17.2 Å². The van der Waals surface area contributed by atoms with E-state index in [1.54, 1.807) is 4.90 Å². The average molecular weight is 451 g/mol. The topological polar surface area (TPSA) is 69.9 Å². The Hall–Kier alpha value is -2.41. The number of carbonyl (C=O) groups excluding carboxylic acids is 2. The number of carbonyl (C=O) groups is 2. The molecule has 7 nitrogen and oxygen atoms in total. The number of hydrogen-bond acceptors (Lipinski definition) is 6. The summed E-state index contributed by atoms with van der Waals surface area (Å²) in [6.07, 6.45) is 8.88. The predicted octanol–water partition coefficient (Wildman–Crippen LogP) is 3.83. The maximum atomic E-state index is 12.8. The third-order valence-electron chi connectivity index (χ3n) is 8.74. The molecule has 0 unspecified atom stereocenters. The molecule has 3 aliphatic heterocycles. The van der Waals surface area contributed by atoms with Gasteiger partial charge >= 0.3 is 0 Å². The molecule has 1 aliphatic carbocycles. The maximum Gasteiger partial charge on any atom is 0.229 e. The summed E-state index contributed by atoms with van der Waals surface area (Å²) in [6, 6.07) is 8.61. The molecule has 1 aromatic heterocycles. The fourth-order valence-electron chi connectivity index (χ4n) is 6.86. The van der Waals surface area contributed by atoms with Gasteiger partial charge in [-0.3, -0.25) is 19.4 Å².